The molecule has 1 amide bonds. The van der Waals surface area contributed by atoms with E-state index in [2.05, 4.69) is 0 Å². The first-order valence-electron chi connectivity index (χ1n) is 9.09. The third-order valence-electron chi connectivity index (χ3n) is 5.01. The summed E-state index contributed by atoms with van der Waals surface area (Å²) in [5.74, 6) is -0.0503. The topological polar surface area (TPSA) is 46.3 Å². The Balaban J connectivity index is 1.75. The Morgan fingerprint density at radius 2 is 1.89 bits per heavy atom. The molecule has 1 saturated carbocycles. The van der Waals surface area contributed by atoms with Gasteiger partial charge in [0.2, 0.25) is 5.91 Å². The van der Waals surface area contributed by atoms with Crippen LogP contribution in [0.25, 0.3) is 0 Å². The van der Waals surface area contributed by atoms with Crippen LogP contribution in [0.4, 0.5) is 18.9 Å². The van der Waals surface area contributed by atoms with E-state index in [0.29, 0.717) is 17.7 Å². The van der Waals surface area contributed by atoms with E-state index in [0.717, 1.165) is 30.5 Å². The van der Waals surface area contributed by atoms with Crippen molar-refractivity contribution < 1.29 is 18.0 Å². The van der Waals surface area contributed by atoms with Crippen molar-refractivity contribution in [3.63, 3.8) is 0 Å². The van der Waals surface area contributed by atoms with Crippen LogP contribution in [0.1, 0.15) is 48.9 Å². The number of benzene rings is 2. The molecule has 0 aromatic heterocycles. The van der Waals surface area contributed by atoms with E-state index in [1.807, 2.05) is 18.2 Å². The molecule has 1 aliphatic rings. The smallest absolute Gasteiger partial charge is 0.399 e. The zero-order valence-electron chi connectivity index (χ0n) is 15.2. The number of alkyl halides is 3. The van der Waals surface area contributed by atoms with Gasteiger partial charge in [-0.25, -0.2) is 0 Å². The number of carbonyl (C=O) groups is 1. The van der Waals surface area contributed by atoms with E-state index in [-0.39, 0.29) is 18.4 Å². The van der Waals surface area contributed by atoms with Gasteiger partial charge in [0.1, 0.15) is 0 Å². The Labute approximate surface area is 157 Å². The summed E-state index contributed by atoms with van der Waals surface area (Å²) in [5.41, 5.74) is 7.31. The number of nitrogens with two attached hydrogens (primary N) is 1. The van der Waals surface area contributed by atoms with Crippen LogP contribution in [0.15, 0.2) is 48.5 Å². The summed E-state index contributed by atoms with van der Waals surface area (Å²) in [6.07, 6.45) is -1.81. The quantitative estimate of drug-likeness (QED) is 0.724. The maximum atomic E-state index is 13.0. The largest absolute Gasteiger partial charge is 0.416 e. The number of nitrogen functional groups attached to an aromatic ring is 1. The number of hydrogen-bond acceptors (Lipinski definition) is 2. The van der Waals surface area contributed by atoms with Crippen molar-refractivity contribution in [3.05, 3.63) is 65.2 Å². The number of hydrogen-bond donors (Lipinski definition) is 1. The fraction of sp³-hybridized carbons (Fsp3) is 0.381. The zero-order valence-corrected chi connectivity index (χ0v) is 15.2. The Morgan fingerprint density at radius 3 is 2.52 bits per heavy atom. The number of rotatable bonds is 6. The maximum absolute atomic E-state index is 13.0. The highest BCUT2D eigenvalue weighted by molar-refractivity contribution is 5.78. The minimum absolute atomic E-state index is 0.0503. The lowest BCUT2D eigenvalue weighted by Crippen LogP contribution is -2.35. The first-order valence-corrected chi connectivity index (χ1v) is 9.09. The first-order chi connectivity index (χ1) is 12.8. The van der Waals surface area contributed by atoms with Gasteiger partial charge < -0.3 is 10.6 Å². The number of amides is 1. The first kappa shape index (κ1) is 19.3. The molecule has 2 aromatic rings. The van der Waals surface area contributed by atoms with E-state index < -0.39 is 17.8 Å². The lowest BCUT2D eigenvalue weighted by atomic mass is 10.0. The molecule has 0 spiro atoms. The molecule has 0 heterocycles. The van der Waals surface area contributed by atoms with Gasteiger partial charge in [0.25, 0.3) is 0 Å². The third kappa shape index (κ3) is 4.62. The normalized spacial score (nSPS) is 15.4. The molecule has 144 valence electrons. The lowest BCUT2D eigenvalue weighted by molar-refractivity contribution is -0.137. The average molecular weight is 376 g/mol. The van der Waals surface area contributed by atoms with Gasteiger partial charge in [-0.15, -0.1) is 0 Å². The number of anilines is 1. The molecule has 27 heavy (non-hydrogen) atoms. The molecule has 3 nitrogen and oxygen atoms in total. The summed E-state index contributed by atoms with van der Waals surface area (Å²) in [5, 5.41) is 0. The molecule has 2 aromatic carbocycles. The molecular weight excluding hydrogens is 353 g/mol. The summed E-state index contributed by atoms with van der Waals surface area (Å²) in [6.45, 7) is 1.79. The van der Waals surface area contributed by atoms with Crippen molar-refractivity contribution in [2.75, 3.05) is 5.73 Å². The molecular formula is C21H23F3N2O. The highest BCUT2D eigenvalue weighted by atomic mass is 19.4. The minimum Gasteiger partial charge on any atom is -0.399 e. The molecule has 0 bridgehead atoms. The maximum Gasteiger partial charge on any atom is 0.416 e. The minimum atomic E-state index is -4.39. The molecule has 1 unspecified atom stereocenters. The molecule has 6 heteroatoms. The van der Waals surface area contributed by atoms with Crippen molar-refractivity contribution in [1.29, 1.82) is 0 Å². The molecule has 2 N–H and O–H groups in total. The summed E-state index contributed by atoms with van der Waals surface area (Å²) in [6, 6.07) is 12.3. The fourth-order valence-corrected chi connectivity index (χ4v) is 3.36. The Bertz CT molecular complexity index is 815. The molecule has 0 saturated heterocycles. The van der Waals surface area contributed by atoms with Gasteiger partial charge in [0, 0.05) is 18.2 Å². The van der Waals surface area contributed by atoms with E-state index in [9.17, 15) is 18.0 Å². The predicted octanol–water partition coefficient (Wildman–Crippen LogP) is 4.97. The van der Waals surface area contributed by atoms with Crippen LogP contribution in [0.3, 0.4) is 0 Å². The molecule has 0 radical (unpaired) electrons. The second-order valence-electron chi connectivity index (χ2n) is 7.03. The summed E-state index contributed by atoms with van der Waals surface area (Å²) in [4.78, 5) is 14.6. The highest BCUT2D eigenvalue weighted by Crippen LogP contribution is 2.37. The van der Waals surface area contributed by atoms with Gasteiger partial charge in [-0.1, -0.05) is 30.3 Å². The van der Waals surface area contributed by atoms with Gasteiger partial charge >= 0.3 is 6.18 Å². The second kappa shape index (κ2) is 7.62. The number of carbonyl (C=O) groups excluding carboxylic acids is 1. The van der Waals surface area contributed by atoms with Crippen LogP contribution in [-0.2, 0) is 17.4 Å². The Hall–Kier alpha value is -2.50. The van der Waals surface area contributed by atoms with Gasteiger partial charge in [-0.3, -0.25) is 4.79 Å². The van der Waals surface area contributed by atoms with E-state index in [4.69, 9.17) is 5.73 Å². The highest BCUT2D eigenvalue weighted by Gasteiger charge is 2.37. The third-order valence-corrected chi connectivity index (χ3v) is 5.01. The van der Waals surface area contributed by atoms with E-state index >= 15 is 0 Å². The van der Waals surface area contributed by atoms with Crippen LogP contribution in [-0.4, -0.2) is 16.8 Å². The fourth-order valence-electron chi connectivity index (χ4n) is 3.36. The average Bonchev–Trinajstić information content (AvgIpc) is 3.45. The Morgan fingerprint density at radius 1 is 1.19 bits per heavy atom. The van der Waals surface area contributed by atoms with Crippen LogP contribution in [0, 0.1) is 0 Å². The lowest BCUT2D eigenvalue weighted by Gasteiger charge is -2.30. The summed E-state index contributed by atoms with van der Waals surface area (Å²) >= 11 is 0. The molecule has 0 aliphatic heterocycles. The summed E-state index contributed by atoms with van der Waals surface area (Å²) in [7, 11) is 0. The van der Waals surface area contributed by atoms with Gasteiger partial charge in [0.05, 0.1) is 11.6 Å². The van der Waals surface area contributed by atoms with E-state index in [1.54, 1.807) is 24.0 Å². The number of para-hydroxylation sites is 1. The zero-order chi connectivity index (χ0) is 19.6. The van der Waals surface area contributed by atoms with Crippen LogP contribution >= 0.6 is 0 Å². The van der Waals surface area contributed by atoms with Crippen LogP contribution in [0.5, 0.6) is 0 Å². The van der Waals surface area contributed by atoms with Crippen molar-refractivity contribution in [3.8, 4) is 0 Å². The number of nitrogens with zero attached hydrogens (tertiary/aromatic N) is 1. The molecule has 3 rings (SSSR count). The van der Waals surface area contributed by atoms with Crippen molar-refractivity contribution in [1.82, 2.24) is 4.90 Å². The number of aryl methyl sites for hydroxylation is 1. The second-order valence-corrected chi connectivity index (χ2v) is 7.03. The van der Waals surface area contributed by atoms with Gasteiger partial charge in [-0.2, -0.15) is 13.2 Å². The summed E-state index contributed by atoms with van der Waals surface area (Å²) < 4.78 is 39.0. The van der Waals surface area contributed by atoms with Crippen molar-refractivity contribution in [2.45, 2.75) is 50.9 Å². The van der Waals surface area contributed by atoms with Gasteiger partial charge in [-0.05, 0) is 55.5 Å². The SMILES string of the molecule is CC(c1cccc(C(F)(F)F)c1)N(C(=O)CCc1ccccc1N)C1CC1. The number of halogens is 3. The predicted molar refractivity (Wildman–Crippen MR) is 98.9 cm³/mol. The van der Waals surface area contributed by atoms with Crippen LogP contribution in [0.2, 0.25) is 0 Å². The monoisotopic (exact) mass is 376 g/mol. The standard InChI is InChI=1S/C21H23F3N2O/c1-14(16-6-4-7-17(13-16)21(22,23)24)26(18-10-11-18)20(27)12-9-15-5-2-3-8-19(15)25/h2-8,13-14,18H,9-12,25H2,1H3. The van der Waals surface area contributed by atoms with Crippen molar-refractivity contribution in [2.24, 2.45) is 0 Å². The van der Waals surface area contributed by atoms with Crippen molar-refractivity contribution >= 4 is 11.6 Å². The molecule has 1 atom stereocenters. The molecule has 1 fully saturated rings. The van der Waals surface area contributed by atoms with E-state index in [1.165, 1.54) is 6.07 Å². The Kier molecular flexibility index (Phi) is 5.44. The van der Waals surface area contributed by atoms with Crippen LogP contribution < -0.4 is 5.73 Å². The molecule has 1 aliphatic carbocycles. The van der Waals surface area contributed by atoms with Gasteiger partial charge in [0.15, 0.2) is 0 Å².